The molecule has 128 valence electrons. The van der Waals surface area contributed by atoms with Crippen molar-refractivity contribution < 1.29 is 24.0 Å². The summed E-state index contributed by atoms with van der Waals surface area (Å²) in [5.74, 6) is -0.951. The number of ether oxygens (including phenoxy) is 2. The molecule has 3 rings (SSSR count). The Kier molecular flexibility index (Phi) is 4.40. The van der Waals surface area contributed by atoms with Gasteiger partial charge in [-0.3, -0.25) is 19.7 Å². The first-order valence-electron chi connectivity index (χ1n) is 6.90. The van der Waals surface area contributed by atoms with E-state index in [1.807, 2.05) is 0 Å². The van der Waals surface area contributed by atoms with Crippen molar-refractivity contribution in [1.82, 2.24) is 0 Å². The summed E-state index contributed by atoms with van der Waals surface area (Å²) in [4.78, 5) is 34.0. The fourth-order valence-corrected chi connectivity index (χ4v) is 2.27. The van der Waals surface area contributed by atoms with Crippen molar-refractivity contribution in [3.8, 4) is 11.5 Å². The molecule has 2 amide bonds. The SMILES string of the molecule is O=C(Nc1ccc2c(c1)OCO2)C(=O)Nc1ccc(Cl)c([N+](=O)[O-])c1. The van der Waals surface area contributed by atoms with E-state index >= 15 is 0 Å². The predicted octanol–water partition coefficient (Wildman–Crippen LogP) is 2.55. The highest BCUT2D eigenvalue weighted by Gasteiger charge is 2.19. The molecule has 10 heteroatoms. The Hall–Kier alpha value is -3.33. The second kappa shape index (κ2) is 6.65. The minimum absolute atomic E-state index is 0.0712. The van der Waals surface area contributed by atoms with Crippen LogP contribution in [0, 0.1) is 10.1 Å². The summed E-state index contributed by atoms with van der Waals surface area (Å²) in [5, 5.41) is 15.4. The van der Waals surface area contributed by atoms with E-state index in [0.717, 1.165) is 6.07 Å². The van der Waals surface area contributed by atoms with Crippen LogP contribution in [0.1, 0.15) is 0 Å². The summed E-state index contributed by atoms with van der Waals surface area (Å²) < 4.78 is 10.3. The lowest BCUT2D eigenvalue weighted by atomic mass is 10.2. The molecule has 0 aromatic heterocycles. The smallest absolute Gasteiger partial charge is 0.314 e. The highest BCUT2D eigenvalue weighted by Crippen LogP contribution is 2.34. The lowest BCUT2D eigenvalue weighted by molar-refractivity contribution is -0.384. The normalized spacial score (nSPS) is 11.7. The molecule has 2 aromatic carbocycles. The molecule has 0 fully saturated rings. The van der Waals surface area contributed by atoms with Gasteiger partial charge >= 0.3 is 11.8 Å². The minimum Gasteiger partial charge on any atom is -0.454 e. The molecular formula is C15H10ClN3O6. The Balaban J connectivity index is 1.68. The van der Waals surface area contributed by atoms with Gasteiger partial charge in [-0.05, 0) is 24.3 Å². The number of carbonyl (C=O) groups excluding carboxylic acids is 2. The molecule has 9 nitrogen and oxygen atoms in total. The van der Waals surface area contributed by atoms with E-state index in [9.17, 15) is 19.7 Å². The quantitative estimate of drug-likeness (QED) is 0.491. The van der Waals surface area contributed by atoms with Gasteiger partial charge in [0.1, 0.15) is 5.02 Å². The van der Waals surface area contributed by atoms with E-state index in [4.69, 9.17) is 21.1 Å². The second-order valence-electron chi connectivity index (χ2n) is 4.90. The number of nitrogens with zero attached hydrogens (tertiary/aromatic N) is 1. The Morgan fingerprint density at radius 3 is 2.28 bits per heavy atom. The van der Waals surface area contributed by atoms with Crippen LogP contribution in [-0.2, 0) is 9.59 Å². The number of nitro benzene ring substituents is 1. The average molecular weight is 364 g/mol. The van der Waals surface area contributed by atoms with Gasteiger partial charge in [0.2, 0.25) is 6.79 Å². The Morgan fingerprint density at radius 1 is 1.00 bits per heavy atom. The van der Waals surface area contributed by atoms with Gasteiger partial charge in [0.15, 0.2) is 11.5 Å². The maximum absolute atomic E-state index is 11.9. The lowest BCUT2D eigenvalue weighted by Crippen LogP contribution is -2.29. The molecule has 0 bridgehead atoms. The predicted molar refractivity (Wildman–Crippen MR) is 87.9 cm³/mol. The maximum Gasteiger partial charge on any atom is 0.314 e. The number of amides is 2. The number of nitro groups is 1. The van der Waals surface area contributed by atoms with Crippen LogP contribution in [0.5, 0.6) is 11.5 Å². The van der Waals surface area contributed by atoms with Gasteiger partial charge < -0.3 is 20.1 Å². The van der Waals surface area contributed by atoms with E-state index in [0.29, 0.717) is 17.2 Å². The van der Waals surface area contributed by atoms with Crippen LogP contribution in [0.2, 0.25) is 5.02 Å². The summed E-state index contributed by atoms with van der Waals surface area (Å²) in [6, 6.07) is 8.32. The molecule has 0 saturated carbocycles. The van der Waals surface area contributed by atoms with Gasteiger partial charge in [-0.2, -0.15) is 0 Å². The number of anilines is 2. The Bertz CT molecular complexity index is 886. The van der Waals surface area contributed by atoms with Crippen molar-refractivity contribution >= 4 is 40.5 Å². The Labute approximate surface area is 145 Å². The zero-order valence-corrected chi connectivity index (χ0v) is 13.2. The lowest BCUT2D eigenvalue weighted by Gasteiger charge is -2.07. The van der Waals surface area contributed by atoms with Gasteiger partial charge in [0.25, 0.3) is 5.69 Å². The Morgan fingerprint density at radius 2 is 1.60 bits per heavy atom. The number of nitrogens with one attached hydrogen (secondary N) is 2. The molecule has 1 aliphatic heterocycles. The third-order valence-corrected chi connectivity index (χ3v) is 3.56. The van der Waals surface area contributed by atoms with Gasteiger partial charge in [0.05, 0.1) is 4.92 Å². The number of hydrogen-bond acceptors (Lipinski definition) is 6. The molecule has 0 atom stereocenters. The highest BCUT2D eigenvalue weighted by molar-refractivity contribution is 6.43. The van der Waals surface area contributed by atoms with E-state index in [1.165, 1.54) is 18.2 Å². The van der Waals surface area contributed by atoms with Gasteiger partial charge in [-0.25, -0.2) is 0 Å². The van der Waals surface area contributed by atoms with Crippen LogP contribution in [0.15, 0.2) is 36.4 Å². The summed E-state index contributed by atoms with van der Waals surface area (Å²) in [5.41, 5.74) is 0.0315. The van der Waals surface area contributed by atoms with Crippen molar-refractivity contribution in [3.05, 3.63) is 51.5 Å². The van der Waals surface area contributed by atoms with Gasteiger partial charge in [-0.1, -0.05) is 11.6 Å². The molecule has 0 saturated heterocycles. The van der Waals surface area contributed by atoms with E-state index in [-0.39, 0.29) is 23.2 Å². The maximum atomic E-state index is 11.9. The zero-order valence-electron chi connectivity index (χ0n) is 12.4. The number of benzene rings is 2. The number of rotatable bonds is 3. The van der Waals surface area contributed by atoms with E-state index in [1.54, 1.807) is 12.1 Å². The largest absolute Gasteiger partial charge is 0.454 e. The molecule has 25 heavy (non-hydrogen) atoms. The van der Waals surface area contributed by atoms with Gasteiger partial charge in [-0.15, -0.1) is 0 Å². The van der Waals surface area contributed by atoms with Crippen molar-refractivity contribution in [2.45, 2.75) is 0 Å². The topological polar surface area (TPSA) is 120 Å². The summed E-state index contributed by atoms with van der Waals surface area (Å²) in [6.45, 7) is 0.0859. The molecule has 2 N–H and O–H groups in total. The van der Waals surface area contributed by atoms with E-state index < -0.39 is 16.7 Å². The van der Waals surface area contributed by atoms with Crippen LogP contribution < -0.4 is 20.1 Å². The van der Waals surface area contributed by atoms with Crippen LogP contribution in [0.25, 0.3) is 0 Å². The van der Waals surface area contributed by atoms with E-state index in [2.05, 4.69) is 10.6 Å². The molecule has 1 heterocycles. The molecular weight excluding hydrogens is 354 g/mol. The fourth-order valence-electron chi connectivity index (χ4n) is 2.08. The second-order valence-corrected chi connectivity index (χ2v) is 5.31. The summed E-state index contributed by atoms with van der Waals surface area (Å²) in [7, 11) is 0. The first-order valence-corrected chi connectivity index (χ1v) is 7.28. The molecule has 0 unspecified atom stereocenters. The van der Waals surface area contributed by atoms with Crippen molar-refractivity contribution in [2.75, 3.05) is 17.4 Å². The number of hydrogen-bond donors (Lipinski definition) is 2. The van der Waals surface area contributed by atoms with Crippen LogP contribution in [0.3, 0.4) is 0 Å². The molecule has 0 radical (unpaired) electrons. The van der Waals surface area contributed by atoms with Crippen molar-refractivity contribution in [3.63, 3.8) is 0 Å². The molecule has 0 spiro atoms. The third-order valence-electron chi connectivity index (χ3n) is 3.24. The number of halogens is 1. The first-order chi connectivity index (χ1) is 11.9. The van der Waals surface area contributed by atoms with Crippen molar-refractivity contribution in [2.24, 2.45) is 0 Å². The molecule has 2 aromatic rings. The van der Waals surface area contributed by atoms with Crippen LogP contribution in [-0.4, -0.2) is 23.5 Å². The van der Waals surface area contributed by atoms with Crippen LogP contribution in [0.4, 0.5) is 17.1 Å². The highest BCUT2D eigenvalue weighted by atomic mass is 35.5. The number of fused-ring (bicyclic) bond motifs is 1. The standard InChI is InChI=1S/C15H10ClN3O6/c16-10-3-1-8(5-11(10)19(22)23)17-14(20)15(21)18-9-2-4-12-13(6-9)25-7-24-12/h1-6H,7H2,(H,17,20)(H,18,21). The summed E-state index contributed by atoms with van der Waals surface area (Å²) >= 11 is 5.69. The third kappa shape index (κ3) is 3.61. The van der Waals surface area contributed by atoms with Gasteiger partial charge in [0, 0.05) is 23.5 Å². The monoisotopic (exact) mass is 363 g/mol. The zero-order chi connectivity index (χ0) is 18.0. The first kappa shape index (κ1) is 16.5. The van der Waals surface area contributed by atoms with Crippen LogP contribution >= 0.6 is 11.6 Å². The molecule has 1 aliphatic rings. The molecule has 0 aliphatic carbocycles. The fraction of sp³-hybridized carbons (Fsp3) is 0.0667. The van der Waals surface area contributed by atoms with Crippen molar-refractivity contribution in [1.29, 1.82) is 0 Å². The minimum atomic E-state index is -0.991. The number of carbonyl (C=O) groups is 2. The summed E-state index contributed by atoms with van der Waals surface area (Å²) in [6.07, 6.45) is 0. The average Bonchev–Trinajstić information content (AvgIpc) is 3.04.